The molecule has 3 heteroatoms. The van der Waals surface area contributed by atoms with Gasteiger partial charge in [-0.25, -0.2) is 0 Å². The fourth-order valence-corrected chi connectivity index (χ4v) is 2.12. The Balaban J connectivity index is 2.39. The summed E-state index contributed by atoms with van der Waals surface area (Å²) >= 11 is 0. The Hall–Kier alpha value is -1.69. The second-order valence-electron chi connectivity index (χ2n) is 4.37. The molecule has 0 bridgehead atoms. The number of nitrogens with zero attached hydrogens (tertiary/aromatic N) is 1. The maximum atomic E-state index is 8.95. The standard InChI is InChI=1S/C13H15NO2/c1-13(7-9(13)8-14)11-5-4-10(15-2)6-12(11)16-3/h4-6,9H,7H2,1-3H3. The summed E-state index contributed by atoms with van der Waals surface area (Å²) in [4.78, 5) is 0. The molecular weight excluding hydrogens is 202 g/mol. The van der Waals surface area contributed by atoms with Crippen LogP contribution in [0.25, 0.3) is 0 Å². The molecule has 0 heterocycles. The summed E-state index contributed by atoms with van der Waals surface area (Å²) in [6, 6.07) is 8.10. The van der Waals surface area contributed by atoms with Crippen molar-refractivity contribution in [3.05, 3.63) is 23.8 Å². The van der Waals surface area contributed by atoms with Gasteiger partial charge in [-0.1, -0.05) is 13.0 Å². The third kappa shape index (κ3) is 1.51. The molecule has 1 aromatic carbocycles. The molecule has 1 aromatic rings. The SMILES string of the molecule is COc1ccc(C2(C)CC2C#N)c(OC)c1. The van der Waals surface area contributed by atoms with Crippen LogP contribution in [0.2, 0.25) is 0 Å². The number of methoxy groups -OCH3 is 2. The number of hydrogen-bond donors (Lipinski definition) is 0. The van der Waals surface area contributed by atoms with Gasteiger partial charge in [0.15, 0.2) is 0 Å². The van der Waals surface area contributed by atoms with Gasteiger partial charge in [0.25, 0.3) is 0 Å². The lowest BCUT2D eigenvalue weighted by Gasteiger charge is -2.15. The molecule has 1 aliphatic rings. The van der Waals surface area contributed by atoms with Gasteiger partial charge in [0.05, 0.1) is 26.2 Å². The van der Waals surface area contributed by atoms with Crippen molar-refractivity contribution in [1.29, 1.82) is 5.26 Å². The number of nitriles is 1. The molecule has 0 spiro atoms. The van der Waals surface area contributed by atoms with E-state index in [0.717, 1.165) is 23.5 Å². The molecule has 0 amide bonds. The zero-order chi connectivity index (χ0) is 11.8. The maximum absolute atomic E-state index is 8.95. The van der Waals surface area contributed by atoms with E-state index >= 15 is 0 Å². The second-order valence-corrected chi connectivity index (χ2v) is 4.37. The number of hydrogen-bond acceptors (Lipinski definition) is 3. The molecule has 1 fully saturated rings. The minimum Gasteiger partial charge on any atom is -0.497 e. The highest BCUT2D eigenvalue weighted by molar-refractivity contribution is 5.49. The van der Waals surface area contributed by atoms with Crippen molar-refractivity contribution >= 4 is 0 Å². The van der Waals surface area contributed by atoms with E-state index in [-0.39, 0.29) is 11.3 Å². The molecule has 84 valence electrons. The van der Waals surface area contributed by atoms with Crippen molar-refractivity contribution in [2.75, 3.05) is 14.2 Å². The van der Waals surface area contributed by atoms with E-state index in [4.69, 9.17) is 14.7 Å². The highest BCUT2D eigenvalue weighted by Gasteiger charge is 2.53. The van der Waals surface area contributed by atoms with Crippen molar-refractivity contribution in [2.45, 2.75) is 18.8 Å². The Labute approximate surface area is 95.6 Å². The van der Waals surface area contributed by atoms with Gasteiger partial charge in [-0.3, -0.25) is 0 Å². The van der Waals surface area contributed by atoms with E-state index in [1.54, 1.807) is 14.2 Å². The van der Waals surface area contributed by atoms with E-state index < -0.39 is 0 Å². The van der Waals surface area contributed by atoms with Gasteiger partial charge in [0, 0.05) is 17.0 Å². The highest BCUT2D eigenvalue weighted by atomic mass is 16.5. The molecule has 1 saturated carbocycles. The van der Waals surface area contributed by atoms with Crippen LogP contribution in [0, 0.1) is 17.2 Å². The Morgan fingerprint density at radius 2 is 2.12 bits per heavy atom. The molecule has 2 rings (SSSR count). The molecule has 0 radical (unpaired) electrons. The van der Waals surface area contributed by atoms with Crippen molar-refractivity contribution in [3.63, 3.8) is 0 Å². The average molecular weight is 217 g/mol. The summed E-state index contributed by atoms with van der Waals surface area (Å²) < 4.78 is 10.5. The van der Waals surface area contributed by atoms with Crippen LogP contribution in [0.15, 0.2) is 18.2 Å². The third-order valence-electron chi connectivity index (χ3n) is 3.42. The summed E-state index contributed by atoms with van der Waals surface area (Å²) in [5, 5.41) is 8.95. The summed E-state index contributed by atoms with van der Waals surface area (Å²) in [5.41, 5.74) is 1.05. The van der Waals surface area contributed by atoms with Gasteiger partial charge in [0.1, 0.15) is 11.5 Å². The molecule has 0 N–H and O–H groups in total. The number of benzene rings is 1. The predicted octanol–water partition coefficient (Wildman–Crippen LogP) is 2.50. The minimum absolute atomic E-state index is 0.0492. The lowest BCUT2D eigenvalue weighted by Crippen LogP contribution is -2.06. The fraction of sp³-hybridized carbons (Fsp3) is 0.462. The fourth-order valence-electron chi connectivity index (χ4n) is 2.12. The van der Waals surface area contributed by atoms with E-state index in [1.165, 1.54) is 0 Å². The summed E-state index contributed by atoms with van der Waals surface area (Å²) in [7, 11) is 3.27. The Morgan fingerprint density at radius 1 is 1.38 bits per heavy atom. The quantitative estimate of drug-likeness (QED) is 0.781. The highest BCUT2D eigenvalue weighted by Crippen LogP contribution is 2.56. The summed E-state index contributed by atoms with van der Waals surface area (Å²) in [5.74, 6) is 1.69. The smallest absolute Gasteiger partial charge is 0.126 e. The van der Waals surface area contributed by atoms with Gasteiger partial charge in [-0.15, -0.1) is 0 Å². The van der Waals surface area contributed by atoms with Gasteiger partial charge in [0.2, 0.25) is 0 Å². The van der Waals surface area contributed by atoms with Crippen LogP contribution in [0.3, 0.4) is 0 Å². The van der Waals surface area contributed by atoms with Crippen molar-refractivity contribution < 1.29 is 9.47 Å². The molecule has 2 atom stereocenters. The second kappa shape index (κ2) is 3.71. The zero-order valence-corrected chi connectivity index (χ0v) is 9.78. The normalized spacial score (nSPS) is 27.0. The molecule has 0 aliphatic heterocycles. The Bertz CT molecular complexity index is 450. The molecule has 1 aliphatic carbocycles. The van der Waals surface area contributed by atoms with Crippen LogP contribution in [0.5, 0.6) is 11.5 Å². The van der Waals surface area contributed by atoms with Crippen LogP contribution in [0.4, 0.5) is 0 Å². The van der Waals surface area contributed by atoms with Crippen LogP contribution in [0.1, 0.15) is 18.9 Å². The molecular formula is C13H15NO2. The van der Waals surface area contributed by atoms with Gasteiger partial charge < -0.3 is 9.47 Å². The van der Waals surface area contributed by atoms with E-state index in [0.29, 0.717) is 0 Å². The average Bonchev–Trinajstić information content (AvgIpc) is 3.00. The number of ether oxygens (including phenoxy) is 2. The first-order valence-corrected chi connectivity index (χ1v) is 5.28. The van der Waals surface area contributed by atoms with Crippen molar-refractivity contribution in [3.8, 4) is 17.6 Å². The number of rotatable bonds is 3. The zero-order valence-electron chi connectivity index (χ0n) is 9.78. The maximum Gasteiger partial charge on any atom is 0.126 e. The Morgan fingerprint density at radius 3 is 2.62 bits per heavy atom. The van der Waals surface area contributed by atoms with Crippen molar-refractivity contribution in [2.24, 2.45) is 5.92 Å². The molecule has 16 heavy (non-hydrogen) atoms. The largest absolute Gasteiger partial charge is 0.497 e. The molecule has 2 unspecified atom stereocenters. The third-order valence-corrected chi connectivity index (χ3v) is 3.42. The van der Waals surface area contributed by atoms with Gasteiger partial charge in [-0.2, -0.15) is 5.26 Å². The monoisotopic (exact) mass is 217 g/mol. The molecule has 0 aromatic heterocycles. The van der Waals surface area contributed by atoms with Crippen LogP contribution in [-0.4, -0.2) is 14.2 Å². The van der Waals surface area contributed by atoms with Crippen molar-refractivity contribution in [1.82, 2.24) is 0 Å². The van der Waals surface area contributed by atoms with E-state index in [1.807, 2.05) is 18.2 Å². The lowest BCUT2D eigenvalue weighted by atomic mass is 9.94. The van der Waals surface area contributed by atoms with Crippen LogP contribution >= 0.6 is 0 Å². The van der Waals surface area contributed by atoms with Gasteiger partial charge in [-0.05, 0) is 12.5 Å². The van der Waals surface area contributed by atoms with Gasteiger partial charge >= 0.3 is 0 Å². The molecule has 0 saturated heterocycles. The topological polar surface area (TPSA) is 42.2 Å². The first-order chi connectivity index (χ1) is 7.65. The minimum atomic E-state index is -0.0492. The van der Waals surface area contributed by atoms with Crippen LogP contribution in [-0.2, 0) is 5.41 Å². The Kier molecular flexibility index (Phi) is 2.51. The van der Waals surface area contributed by atoms with E-state index in [9.17, 15) is 0 Å². The summed E-state index contributed by atoms with van der Waals surface area (Å²) in [6.45, 7) is 2.10. The molecule has 3 nitrogen and oxygen atoms in total. The summed E-state index contributed by atoms with van der Waals surface area (Å²) in [6.07, 6.45) is 0.909. The lowest BCUT2D eigenvalue weighted by molar-refractivity contribution is 0.387. The first-order valence-electron chi connectivity index (χ1n) is 5.28. The van der Waals surface area contributed by atoms with E-state index in [2.05, 4.69) is 13.0 Å². The van der Waals surface area contributed by atoms with Crippen LogP contribution < -0.4 is 9.47 Å². The first kappa shape index (κ1) is 10.8. The predicted molar refractivity (Wildman–Crippen MR) is 60.6 cm³/mol.